The number of carbonyl (C=O) groups excluding carboxylic acids is 2. The Labute approximate surface area is 148 Å². The number of para-hydroxylation sites is 1. The molecule has 0 aliphatic carbocycles. The third kappa shape index (κ3) is 5.04. The van der Waals surface area contributed by atoms with Gasteiger partial charge in [0.25, 0.3) is 5.56 Å². The van der Waals surface area contributed by atoms with Crippen LogP contribution in [-0.4, -0.2) is 52.4 Å². The molecule has 0 radical (unpaired) electrons. The van der Waals surface area contributed by atoms with Crippen molar-refractivity contribution in [3.8, 4) is 0 Å². The van der Waals surface area contributed by atoms with Gasteiger partial charge in [0.15, 0.2) is 5.16 Å². The lowest BCUT2D eigenvalue weighted by Gasteiger charge is -2.12. The van der Waals surface area contributed by atoms with E-state index in [2.05, 4.69) is 15.6 Å². The minimum Gasteiger partial charge on any atom is -0.396 e. The second kappa shape index (κ2) is 9.19. The Morgan fingerprint density at radius 2 is 2.04 bits per heavy atom. The summed E-state index contributed by atoms with van der Waals surface area (Å²) in [6.45, 7) is 0.170. The van der Waals surface area contributed by atoms with Gasteiger partial charge in [-0.25, -0.2) is 4.98 Å². The number of likely N-dealkylation sites (N-methyl/N-ethyl adjacent to an activating group) is 1. The number of thioether (sulfide) groups is 1. The van der Waals surface area contributed by atoms with Crippen LogP contribution in [0.2, 0.25) is 0 Å². The van der Waals surface area contributed by atoms with E-state index in [1.54, 1.807) is 24.3 Å². The van der Waals surface area contributed by atoms with Crippen LogP contribution in [0, 0.1) is 0 Å². The molecule has 1 heterocycles. The number of nitrogens with zero attached hydrogens (tertiary/aromatic N) is 2. The fourth-order valence-corrected chi connectivity index (χ4v) is 2.99. The number of nitrogens with one attached hydrogen (secondary N) is 2. The van der Waals surface area contributed by atoms with Gasteiger partial charge in [-0.15, -0.1) is 0 Å². The molecule has 0 bridgehead atoms. The second-order valence-electron chi connectivity index (χ2n) is 5.18. The predicted octanol–water partition coefficient (Wildman–Crippen LogP) is -0.267. The largest absolute Gasteiger partial charge is 0.396 e. The highest BCUT2D eigenvalue weighted by molar-refractivity contribution is 7.99. The molecule has 9 heteroatoms. The first-order chi connectivity index (χ1) is 12.1. The third-order valence-corrected chi connectivity index (χ3v) is 4.40. The molecule has 1 aromatic heterocycles. The number of aromatic nitrogens is 2. The van der Waals surface area contributed by atoms with Crippen molar-refractivity contribution in [3.63, 3.8) is 0 Å². The molecule has 1 aromatic carbocycles. The van der Waals surface area contributed by atoms with Crippen molar-refractivity contribution >= 4 is 34.5 Å². The number of benzene rings is 1. The molecule has 0 unspecified atom stereocenters. The third-order valence-electron chi connectivity index (χ3n) is 3.42. The lowest BCUT2D eigenvalue weighted by Crippen LogP contribution is -2.36. The van der Waals surface area contributed by atoms with Gasteiger partial charge >= 0.3 is 0 Å². The Morgan fingerprint density at radius 1 is 1.28 bits per heavy atom. The fraction of sp³-hybridized carbons (Fsp3) is 0.375. The zero-order chi connectivity index (χ0) is 18.2. The van der Waals surface area contributed by atoms with E-state index in [0.29, 0.717) is 29.0 Å². The lowest BCUT2D eigenvalue weighted by molar-refractivity contribution is -0.124. The molecule has 25 heavy (non-hydrogen) atoms. The summed E-state index contributed by atoms with van der Waals surface area (Å²) in [7, 11) is 1.49. The van der Waals surface area contributed by atoms with Crippen molar-refractivity contribution in [2.75, 3.05) is 26.0 Å². The summed E-state index contributed by atoms with van der Waals surface area (Å²) < 4.78 is 1.47. The van der Waals surface area contributed by atoms with Crippen molar-refractivity contribution < 1.29 is 14.7 Å². The second-order valence-corrected chi connectivity index (χ2v) is 6.13. The van der Waals surface area contributed by atoms with Crippen molar-refractivity contribution in [3.05, 3.63) is 34.6 Å². The van der Waals surface area contributed by atoms with Crippen LogP contribution in [0.15, 0.2) is 34.2 Å². The SMILES string of the molecule is CNC(=O)CNC(=O)CSc1nc2ccccc2c(=O)n1CCCO. The van der Waals surface area contributed by atoms with Crippen molar-refractivity contribution in [2.45, 2.75) is 18.1 Å². The average Bonchev–Trinajstić information content (AvgIpc) is 2.63. The van der Waals surface area contributed by atoms with Gasteiger partial charge in [-0.2, -0.15) is 0 Å². The van der Waals surface area contributed by atoms with Crippen LogP contribution in [0.25, 0.3) is 10.9 Å². The maximum absolute atomic E-state index is 12.6. The van der Waals surface area contributed by atoms with Crippen LogP contribution in [-0.2, 0) is 16.1 Å². The summed E-state index contributed by atoms with van der Waals surface area (Å²) in [5.41, 5.74) is 0.355. The quantitative estimate of drug-likeness (QED) is 0.439. The van der Waals surface area contributed by atoms with Crippen molar-refractivity contribution in [1.29, 1.82) is 0 Å². The number of aliphatic hydroxyl groups is 1. The molecule has 3 N–H and O–H groups in total. The molecule has 0 fully saturated rings. The highest BCUT2D eigenvalue weighted by atomic mass is 32.2. The molecule has 134 valence electrons. The first-order valence-corrected chi connectivity index (χ1v) is 8.76. The van der Waals surface area contributed by atoms with Crippen LogP contribution >= 0.6 is 11.8 Å². The normalized spacial score (nSPS) is 10.6. The molecule has 2 aromatic rings. The van der Waals surface area contributed by atoms with Crippen molar-refractivity contribution in [2.24, 2.45) is 0 Å². The Hall–Kier alpha value is -2.39. The fourth-order valence-electron chi connectivity index (χ4n) is 2.13. The van der Waals surface area contributed by atoms with Crippen LogP contribution in [0.1, 0.15) is 6.42 Å². The molecule has 0 saturated heterocycles. The van der Waals surface area contributed by atoms with Crippen LogP contribution in [0.5, 0.6) is 0 Å². The zero-order valence-corrected chi connectivity index (χ0v) is 14.6. The lowest BCUT2D eigenvalue weighted by atomic mass is 10.2. The van der Waals surface area contributed by atoms with Crippen molar-refractivity contribution in [1.82, 2.24) is 20.2 Å². The van der Waals surface area contributed by atoms with Gasteiger partial charge in [0, 0.05) is 20.2 Å². The first-order valence-electron chi connectivity index (χ1n) is 7.77. The Kier molecular flexibility index (Phi) is 6.96. The molecule has 0 atom stereocenters. The number of hydrogen-bond donors (Lipinski definition) is 3. The van der Waals surface area contributed by atoms with Gasteiger partial charge in [-0.05, 0) is 18.6 Å². The van der Waals surface area contributed by atoms with E-state index in [-0.39, 0.29) is 36.3 Å². The Balaban J connectivity index is 2.19. The molecule has 0 saturated carbocycles. The van der Waals surface area contributed by atoms with Crippen LogP contribution in [0.4, 0.5) is 0 Å². The van der Waals surface area contributed by atoms with E-state index in [9.17, 15) is 14.4 Å². The molecule has 0 aliphatic rings. The topological polar surface area (TPSA) is 113 Å². The minimum absolute atomic E-state index is 0.0287. The zero-order valence-electron chi connectivity index (χ0n) is 13.8. The average molecular weight is 364 g/mol. The molecule has 8 nitrogen and oxygen atoms in total. The molecule has 2 amide bonds. The monoisotopic (exact) mass is 364 g/mol. The number of aliphatic hydroxyl groups excluding tert-OH is 1. The Bertz CT molecular complexity index is 821. The van der Waals surface area contributed by atoms with Gasteiger partial charge in [0.05, 0.1) is 23.2 Å². The van der Waals surface area contributed by atoms with E-state index in [1.165, 1.54) is 11.6 Å². The molecule has 0 spiro atoms. The number of fused-ring (bicyclic) bond motifs is 1. The van der Waals surface area contributed by atoms with Crippen LogP contribution < -0.4 is 16.2 Å². The number of amides is 2. The maximum Gasteiger partial charge on any atom is 0.262 e. The molecule has 2 rings (SSSR count). The summed E-state index contributed by atoms with van der Waals surface area (Å²) in [5.74, 6) is -0.590. The summed E-state index contributed by atoms with van der Waals surface area (Å²) in [4.78, 5) is 40.1. The smallest absolute Gasteiger partial charge is 0.262 e. The van der Waals surface area contributed by atoms with E-state index < -0.39 is 0 Å². The van der Waals surface area contributed by atoms with E-state index in [1.807, 2.05) is 0 Å². The molecular formula is C16H20N4O4S. The standard InChI is InChI=1S/C16H20N4O4S/c1-17-13(22)9-18-14(23)10-25-16-19-12-6-3-2-5-11(12)15(24)20(16)7-4-8-21/h2-3,5-6,21H,4,7-10H2,1H3,(H,17,22)(H,18,23). The van der Waals surface area contributed by atoms with Gasteiger partial charge in [0.2, 0.25) is 11.8 Å². The van der Waals surface area contributed by atoms with E-state index in [4.69, 9.17) is 5.11 Å². The number of rotatable bonds is 8. The molecular weight excluding hydrogens is 344 g/mol. The predicted molar refractivity (Wildman–Crippen MR) is 95.5 cm³/mol. The van der Waals surface area contributed by atoms with Gasteiger partial charge in [-0.1, -0.05) is 23.9 Å². The van der Waals surface area contributed by atoms with Gasteiger partial charge in [0.1, 0.15) is 0 Å². The maximum atomic E-state index is 12.6. The van der Waals surface area contributed by atoms with Gasteiger partial charge in [-0.3, -0.25) is 19.0 Å². The highest BCUT2D eigenvalue weighted by Gasteiger charge is 2.13. The molecule has 0 aliphatic heterocycles. The van der Waals surface area contributed by atoms with Crippen LogP contribution in [0.3, 0.4) is 0 Å². The summed E-state index contributed by atoms with van der Waals surface area (Å²) >= 11 is 1.12. The summed E-state index contributed by atoms with van der Waals surface area (Å²) in [5, 5.41) is 14.8. The minimum atomic E-state index is -0.329. The summed E-state index contributed by atoms with van der Waals surface area (Å²) in [6.07, 6.45) is 0.413. The Morgan fingerprint density at radius 3 is 2.76 bits per heavy atom. The number of hydrogen-bond acceptors (Lipinski definition) is 6. The first kappa shape index (κ1) is 18.9. The van der Waals surface area contributed by atoms with Gasteiger partial charge < -0.3 is 15.7 Å². The summed E-state index contributed by atoms with van der Waals surface area (Å²) in [6, 6.07) is 6.99. The number of carbonyl (C=O) groups is 2. The van der Waals surface area contributed by atoms with E-state index >= 15 is 0 Å². The highest BCUT2D eigenvalue weighted by Crippen LogP contribution is 2.17. The van der Waals surface area contributed by atoms with E-state index in [0.717, 1.165) is 11.8 Å².